The maximum atomic E-state index is 9.81. The first-order chi connectivity index (χ1) is 7.43. The van der Waals surface area contributed by atoms with Crippen LogP contribution in [0.4, 0.5) is 0 Å². The van der Waals surface area contributed by atoms with E-state index in [9.17, 15) is 5.11 Å². The molecule has 0 saturated carbocycles. The van der Waals surface area contributed by atoms with Crippen LogP contribution in [0.25, 0.3) is 0 Å². The molecular weight excluding hydrogens is 204 g/mol. The average Bonchev–Trinajstić information content (AvgIpc) is 2.58. The molecular formula is C13H18O3. The lowest BCUT2D eigenvalue weighted by Crippen LogP contribution is -2.12. The molecule has 1 aliphatic heterocycles. The minimum Gasteiger partial charge on any atom is -0.497 e. The fraction of sp³-hybridized carbons (Fsp3) is 0.538. The minimum atomic E-state index is -0.536. The normalized spacial score (nSPS) is 19.2. The lowest BCUT2D eigenvalue weighted by molar-refractivity contribution is 0.140. The Morgan fingerprint density at radius 2 is 2.06 bits per heavy atom. The predicted molar refractivity (Wildman–Crippen MR) is 62.1 cm³/mol. The van der Waals surface area contributed by atoms with Crippen LogP contribution in [0.3, 0.4) is 0 Å². The number of methoxy groups -OCH3 is 1. The van der Waals surface area contributed by atoms with Gasteiger partial charge in [0.1, 0.15) is 24.2 Å². The van der Waals surface area contributed by atoms with Crippen molar-refractivity contribution in [2.24, 2.45) is 0 Å². The van der Waals surface area contributed by atoms with Gasteiger partial charge in [-0.3, -0.25) is 0 Å². The quantitative estimate of drug-likeness (QED) is 0.793. The molecule has 2 rings (SSSR count). The van der Waals surface area contributed by atoms with Gasteiger partial charge in [-0.05, 0) is 17.5 Å². The molecule has 16 heavy (non-hydrogen) atoms. The van der Waals surface area contributed by atoms with E-state index in [1.165, 1.54) is 0 Å². The Bertz CT molecular complexity index is 404. The summed E-state index contributed by atoms with van der Waals surface area (Å²) in [4.78, 5) is 0. The monoisotopic (exact) mass is 222 g/mol. The fourth-order valence-corrected chi connectivity index (χ4v) is 1.96. The van der Waals surface area contributed by atoms with E-state index in [1.807, 2.05) is 12.1 Å². The number of ether oxygens (including phenoxy) is 2. The van der Waals surface area contributed by atoms with Crippen LogP contribution in [0.15, 0.2) is 12.1 Å². The van der Waals surface area contributed by atoms with E-state index in [2.05, 4.69) is 20.8 Å². The van der Waals surface area contributed by atoms with Crippen molar-refractivity contribution in [1.82, 2.24) is 0 Å². The van der Waals surface area contributed by atoms with E-state index < -0.39 is 6.10 Å². The number of hydrogen-bond donors (Lipinski definition) is 1. The minimum absolute atomic E-state index is 0.0251. The summed E-state index contributed by atoms with van der Waals surface area (Å²) in [5.41, 5.74) is 1.89. The zero-order chi connectivity index (χ0) is 11.9. The summed E-state index contributed by atoms with van der Waals surface area (Å²) in [5.74, 6) is 1.59. The Morgan fingerprint density at radius 3 is 2.62 bits per heavy atom. The van der Waals surface area contributed by atoms with Crippen molar-refractivity contribution in [3.8, 4) is 11.5 Å². The summed E-state index contributed by atoms with van der Waals surface area (Å²) in [6.07, 6.45) is -0.536. The van der Waals surface area contributed by atoms with Gasteiger partial charge < -0.3 is 14.6 Å². The van der Waals surface area contributed by atoms with E-state index in [4.69, 9.17) is 9.47 Å². The molecule has 0 amide bonds. The highest BCUT2D eigenvalue weighted by Crippen LogP contribution is 2.43. The van der Waals surface area contributed by atoms with Gasteiger partial charge in [0.2, 0.25) is 0 Å². The molecule has 0 aromatic heterocycles. The summed E-state index contributed by atoms with van der Waals surface area (Å²) >= 11 is 0. The van der Waals surface area contributed by atoms with Gasteiger partial charge in [0.05, 0.1) is 7.11 Å². The summed E-state index contributed by atoms with van der Waals surface area (Å²) in [5, 5.41) is 9.81. The van der Waals surface area contributed by atoms with Gasteiger partial charge in [0, 0.05) is 11.1 Å². The zero-order valence-corrected chi connectivity index (χ0v) is 10.2. The van der Waals surface area contributed by atoms with Crippen LogP contribution in [0.5, 0.6) is 11.5 Å². The van der Waals surface area contributed by atoms with Crippen LogP contribution in [0.1, 0.15) is 38.0 Å². The van der Waals surface area contributed by atoms with Gasteiger partial charge >= 0.3 is 0 Å². The van der Waals surface area contributed by atoms with Crippen molar-refractivity contribution in [3.63, 3.8) is 0 Å². The molecule has 0 fully saturated rings. The molecule has 0 radical (unpaired) electrons. The molecule has 1 aromatic carbocycles. The van der Waals surface area contributed by atoms with Crippen molar-refractivity contribution >= 4 is 0 Å². The molecule has 88 valence electrons. The standard InChI is InChI=1S/C13H18O3/c1-13(2,3)10-6-8(15-4)5-9-11(14)7-16-12(9)10/h5-6,11,14H,7H2,1-4H3. The summed E-state index contributed by atoms with van der Waals surface area (Å²) in [7, 11) is 1.64. The van der Waals surface area contributed by atoms with Crippen molar-refractivity contribution < 1.29 is 14.6 Å². The molecule has 1 atom stereocenters. The first-order valence-electron chi connectivity index (χ1n) is 5.46. The van der Waals surface area contributed by atoms with Gasteiger partial charge in [-0.25, -0.2) is 0 Å². The van der Waals surface area contributed by atoms with Crippen LogP contribution >= 0.6 is 0 Å². The Labute approximate surface area is 96.0 Å². The highest BCUT2D eigenvalue weighted by Gasteiger charge is 2.30. The van der Waals surface area contributed by atoms with Crippen LogP contribution < -0.4 is 9.47 Å². The summed E-state index contributed by atoms with van der Waals surface area (Å²) < 4.78 is 10.8. The number of hydrogen-bond acceptors (Lipinski definition) is 3. The van der Waals surface area contributed by atoms with Crippen molar-refractivity contribution in [2.75, 3.05) is 13.7 Å². The Hall–Kier alpha value is -1.22. The summed E-state index contributed by atoms with van der Waals surface area (Å²) in [6.45, 7) is 6.70. The molecule has 1 aromatic rings. The van der Waals surface area contributed by atoms with Crippen molar-refractivity contribution in [1.29, 1.82) is 0 Å². The van der Waals surface area contributed by atoms with Crippen LogP contribution in [-0.4, -0.2) is 18.8 Å². The number of aliphatic hydroxyl groups excluding tert-OH is 1. The molecule has 1 unspecified atom stereocenters. The topological polar surface area (TPSA) is 38.7 Å². The van der Waals surface area contributed by atoms with E-state index in [1.54, 1.807) is 7.11 Å². The zero-order valence-electron chi connectivity index (χ0n) is 10.2. The van der Waals surface area contributed by atoms with E-state index in [0.29, 0.717) is 6.61 Å². The van der Waals surface area contributed by atoms with E-state index in [0.717, 1.165) is 22.6 Å². The second kappa shape index (κ2) is 3.67. The predicted octanol–water partition coefficient (Wildman–Crippen LogP) is 2.42. The first kappa shape index (κ1) is 11.3. The van der Waals surface area contributed by atoms with Gasteiger partial charge in [0.15, 0.2) is 0 Å². The number of benzene rings is 1. The van der Waals surface area contributed by atoms with Crippen LogP contribution in [-0.2, 0) is 5.41 Å². The van der Waals surface area contributed by atoms with Crippen LogP contribution in [0, 0.1) is 0 Å². The van der Waals surface area contributed by atoms with Crippen molar-refractivity contribution in [2.45, 2.75) is 32.3 Å². The Morgan fingerprint density at radius 1 is 1.38 bits per heavy atom. The molecule has 3 heteroatoms. The SMILES string of the molecule is COc1cc2c(c(C(C)(C)C)c1)OCC2O. The lowest BCUT2D eigenvalue weighted by Gasteiger charge is -2.22. The largest absolute Gasteiger partial charge is 0.497 e. The number of fused-ring (bicyclic) bond motifs is 1. The molecule has 0 aliphatic carbocycles. The fourth-order valence-electron chi connectivity index (χ4n) is 1.96. The van der Waals surface area contributed by atoms with Gasteiger partial charge in [0.25, 0.3) is 0 Å². The molecule has 1 aliphatic rings. The average molecular weight is 222 g/mol. The molecule has 0 spiro atoms. The summed E-state index contributed by atoms with van der Waals surface area (Å²) in [6, 6.07) is 3.83. The molecule has 0 bridgehead atoms. The maximum Gasteiger partial charge on any atom is 0.129 e. The first-order valence-corrected chi connectivity index (χ1v) is 5.46. The number of aliphatic hydroxyl groups is 1. The van der Waals surface area contributed by atoms with Gasteiger partial charge in [-0.2, -0.15) is 0 Å². The van der Waals surface area contributed by atoms with Crippen LogP contribution in [0.2, 0.25) is 0 Å². The lowest BCUT2D eigenvalue weighted by atomic mass is 9.85. The van der Waals surface area contributed by atoms with E-state index in [-0.39, 0.29) is 5.41 Å². The molecule has 3 nitrogen and oxygen atoms in total. The third-order valence-electron chi connectivity index (χ3n) is 2.88. The highest BCUT2D eigenvalue weighted by atomic mass is 16.5. The number of rotatable bonds is 1. The second-order valence-electron chi connectivity index (χ2n) is 5.17. The third-order valence-corrected chi connectivity index (χ3v) is 2.88. The smallest absolute Gasteiger partial charge is 0.129 e. The van der Waals surface area contributed by atoms with Crippen molar-refractivity contribution in [3.05, 3.63) is 23.3 Å². The highest BCUT2D eigenvalue weighted by molar-refractivity contribution is 5.52. The Balaban J connectivity index is 2.61. The third kappa shape index (κ3) is 1.76. The van der Waals surface area contributed by atoms with Gasteiger partial charge in [-0.15, -0.1) is 0 Å². The molecule has 1 heterocycles. The second-order valence-corrected chi connectivity index (χ2v) is 5.17. The van der Waals surface area contributed by atoms with E-state index >= 15 is 0 Å². The molecule has 1 N–H and O–H groups in total. The molecule has 0 saturated heterocycles. The van der Waals surface area contributed by atoms with Gasteiger partial charge in [-0.1, -0.05) is 20.8 Å². The Kier molecular flexibility index (Phi) is 2.58. The maximum absolute atomic E-state index is 9.81.